The van der Waals surface area contributed by atoms with E-state index in [0.29, 0.717) is 5.92 Å². The van der Waals surface area contributed by atoms with Crippen molar-refractivity contribution < 1.29 is 0 Å². The number of hydrogen-bond acceptors (Lipinski definition) is 1. The average Bonchev–Trinajstić information content (AvgIpc) is 2.30. The van der Waals surface area contributed by atoms with Gasteiger partial charge in [0.15, 0.2) is 0 Å². The third kappa shape index (κ3) is 3.08. The van der Waals surface area contributed by atoms with Gasteiger partial charge in [0.1, 0.15) is 0 Å². The van der Waals surface area contributed by atoms with Crippen molar-refractivity contribution >= 4 is 0 Å². The van der Waals surface area contributed by atoms with Crippen molar-refractivity contribution in [1.82, 2.24) is 5.32 Å². The Morgan fingerprint density at radius 2 is 2.31 bits per heavy atom. The maximum absolute atomic E-state index is 3.50. The molecule has 1 aromatic rings. The lowest BCUT2D eigenvalue weighted by atomic mass is 9.86. The molecule has 0 saturated carbocycles. The first-order valence-corrected chi connectivity index (χ1v) is 6.53. The van der Waals surface area contributed by atoms with Crippen molar-refractivity contribution in [3.05, 3.63) is 35.4 Å². The summed E-state index contributed by atoms with van der Waals surface area (Å²) in [6, 6.07) is 8.97. The number of rotatable bonds is 3. The SMILES string of the molecule is Cc1cccc(C(C)CC2CCCNC2)c1. The Hall–Kier alpha value is -0.820. The molecule has 2 rings (SSSR count). The van der Waals surface area contributed by atoms with Crippen LogP contribution in [0.2, 0.25) is 0 Å². The zero-order valence-electron chi connectivity index (χ0n) is 10.5. The molecule has 1 saturated heterocycles. The quantitative estimate of drug-likeness (QED) is 0.817. The molecule has 1 heteroatoms. The highest BCUT2D eigenvalue weighted by molar-refractivity contribution is 5.25. The third-order valence-electron chi connectivity index (χ3n) is 3.70. The maximum atomic E-state index is 3.50. The molecule has 0 radical (unpaired) electrons. The van der Waals surface area contributed by atoms with E-state index in [1.807, 2.05) is 0 Å². The van der Waals surface area contributed by atoms with Gasteiger partial charge in [-0.15, -0.1) is 0 Å². The number of hydrogen-bond donors (Lipinski definition) is 1. The molecule has 0 aromatic heterocycles. The number of nitrogens with one attached hydrogen (secondary N) is 1. The highest BCUT2D eigenvalue weighted by Crippen LogP contribution is 2.27. The van der Waals surface area contributed by atoms with E-state index in [4.69, 9.17) is 0 Å². The Kier molecular flexibility index (Phi) is 4.00. The predicted molar refractivity (Wildman–Crippen MR) is 69.8 cm³/mol. The number of benzene rings is 1. The third-order valence-corrected chi connectivity index (χ3v) is 3.70. The van der Waals surface area contributed by atoms with Crippen molar-refractivity contribution in [3.8, 4) is 0 Å². The van der Waals surface area contributed by atoms with Crippen LogP contribution in [0, 0.1) is 12.8 Å². The molecule has 16 heavy (non-hydrogen) atoms. The summed E-state index contributed by atoms with van der Waals surface area (Å²) in [6.45, 7) is 6.98. The molecule has 1 N–H and O–H groups in total. The van der Waals surface area contributed by atoms with Gasteiger partial charge in [-0.2, -0.15) is 0 Å². The monoisotopic (exact) mass is 217 g/mol. The Balaban J connectivity index is 1.94. The summed E-state index contributed by atoms with van der Waals surface area (Å²) in [5.74, 6) is 1.58. The van der Waals surface area contributed by atoms with Gasteiger partial charge in [-0.05, 0) is 56.7 Å². The fraction of sp³-hybridized carbons (Fsp3) is 0.600. The van der Waals surface area contributed by atoms with Crippen LogP contribution < -0.4 is 5.32 Å². The van der Waals surface area contributed by atoms with Crippen LogP contribution in [0.3, 0.4) is 0 Å². The van der Waals surface area contributed by atoms with Crippen molar-refractivity contribution in [3.63, 3.8) is 0 Å². The van der Waals surface area contributed by atoms with Crippen LogP contribution in [0.15, 0.2) is 24.3 Å². The van der Waals surface area contributed by atoms with E-state index in [1.54, 1.807) is 0 Å². The van der Waals surface area contributed by atoms with Gasteiger partial charge in [-0.1, -0.05) is 36.8 Å². The second kappa shape index (κ2) is 5.49. The fourth-order valence-electron chi connectivity index (χ4n) is 2.74. The topological polar surface area (TPSA) is 12.0 Å². The summed E-state index contributed by atoms with van der Waals surface area (Å²) >= 11 is 0. The second-order valence-electron chi connectivity index (χ2n) is 5.26. The summed E-state index contributed by atoms with van der Waals surface area (Å²) < 4.78 is 0. The van der Waals surface area contributed by atoms with Gasteiger partial charge in [0.2, 0.25) is 0 Å². The van der Waals surface area contributed by atoms with Crippen LogP contribution in [0.25, 0.3) is 0 Å². The summed E-state index contributed by atoms with van der Waals surface area (Å²) in [4.78, 5) is 0. The molecule has 1 aliphatic rings. The van der Waals surface area contributed by atoms with Gasteiger partial charge in [0, 0.05) is 0 Å². The maximum Gasteiger partial charge on any atom is -0.00203 e. The Labute approximate surface area is 99.3 Å². The molecule has 1 fully saturated rings. The Morgan fingerprint density at radius 1 is 1.44 bits per heavy atom. The summed E-state index contributed by atoms with van der Waals surface area (Å²) in [5.41, 5.74) is 2.89. The molecular formula is C15H23N. The normalized spacial score (nSPS) is 23.0. The lowest BCUT2D eigenvalue weighted by Gasteiger charge is -2.25. The number of piperidine rings is 1. The zero-order chi connectivity index (χ0) is 11.4. The predicted octanol–water partition coefficient (Wildman–Crippen LogP) is 3.49. The van der Waals surface area contributed by atoms with E-state index < -0.39 is 0 Å². The van der Waals surface area contributed by atoms with Crippen LogP contribution in [-0.4, -0.2) is 13.1 Å². The molecule has 2 atom stereocenters. The van der Waals surface area contributed by atoms with Crippen LogP contribution in [-0.2, 0) is 0 Å². The minimum Gasteiger partial charge on any atom is -0.316 e. The van der Waals surface area contributed by atoms with Crippen LogP contribution >= 0.6 is 0 Å². The summed E-state index contributed by atoms with van der Waals surface area (Å²) in [6.07, 6.45) is 4.09. The van der Waals surface area contributed by atoms with E-state index in [9.17, 15) is 0 Å². The van der Waals surface area contributed by atoms with Gasteiger partial charge in [-0.25, -0.2) is 0 Å². The minimum atomic E-state index is 0.699. The first-order valence-electron chi connectivity index (χ1n) is 6.53. The highest BCUT2D eigenvalue weighted by atomic mass is 14.9. The van der Waals surface area contributed by atoms with Gasteiger partial charge in [0.05, 0.1) is 0 Å². The molecule has 1 aliphatic heterocycles. The Morgan fingerprint density at radius 3 is 3.00 bits per heavy atom. The molecule has 1 aromatic carbocycles. The van der Waals surface area contributed by atoms with Crippen LogP contribution in [0.4, 0.5) is 0 Å². The molecule has 0 bridgehead atoms. The smallest absolute Gasteiger partial charge is 0.00203 e. The zero-order valence-corrected chi connectivity index (χ0v) is 10.5. The first-order chi connectivity index (χ1) is 7.75. The first kappa shape index (κ1) is 11.7. The van der Waals surface area contributed by atoms with Crippen LogP contribution in [0.5, 0.6) is 0 Å². The van der Waals surface area contributed by atoms with Crippen molar-refractivity contribution in [2.45, 2.75) is 39.0 Å². The van der Waals surface area contributed by atoms with Crippen molar-refractivity contribution in [2.75, 3.05) is 13.1 Å². The average molecular weight is 217 g/mol. The van der Waals surface area contributed by atoms with Gasteiger partial charge in [-0.3, -0.25) is 0 Å². The molecule has 1 heterocycles. The van der Waals surface area contributed by atoms with E-state index in [2.05, 4.69) is 43.4 Å². The van der Waals surface area contributed by atoms with E-state index in [0.717, 1.165) is 5.92 Å². The second-order valence-corrected chi connectivity index (χ2v) is 5.26. The molecule has 1 nitrogen and oxygen atoms in total. The van der Waals surface area contributed by atoms with Gasteiger partial charge >= 0.3 is 0 Å². The van der Waals surface area contributed by atoms with Crippen molar-refractivity contribution in [2.24, 2.45) is 5.92 Å². The van der Waals surface area contributed by atoms with E-state index in [1.165, 1.54) is 43.5 Å². The summed E-state index contributed by atoms with van der Waals surface area (Å²) in [5, 5.41) is 3.50. The van der Waals surface area contributed by atoms with Gasteiger partial charge < -0.3 is 5.32 Å². The number of aryl methyl sites for hydroxylation is 1. The lowest BCUT2D eigenvalue weighted by molar-refractivity contribution is 0.340. The molecule has 0 aliphatic carbocycles. The van der Waals surface area contributed by atoms with E-state index >= 15 is 0 Å². The van der Waals surface area contributed by atoms with Crippen molar-refractivity contribution in [1.29, 1.82) is 0 Å². The van der Waals surface area contributed by atoms with Gasteiger partial charge in [0.25, 0.3) is 0 Å². The molecular weight excluding hydrogens is 194 g/mol. The largest absolute Gasteiger partial charge is 0.316 e. The Bertz CT molecular complexity index is 326. The van der Waals surface area contributed by atoms with E-state index in [-0.39, 0.29) is 0 Å². The lowest BCUT2D eigenvalue weighted by Crippen LogP contribution is -2.30. The standard InChI is InChI=1S/C15H23N/c1-12-5-3-7-15(9-12)13(2)10-14-6-4-8-16-11-14/h3,5,7,9,13-14,16H,4,6,8,10-11H2,1-2H3. The molecule has 2 unspecified atom stereocenters. The molecule has 0 spiro atoms. The molecule has 0 amide bonds. The summed E-state index contributed by atoms with van der Waals surface area (Å²) in [7, 11) is 0. The fourth-order valence-corrected chi connectivity index (χ4v) is 2.74. The minimum absolute atomic E-state index is 0.699. The highest BCUT2D eigenvalue weighted by Gasteiger charge is 2.16. The van der Waals surface area contributed by atoms with Crippen LogP contribution in [0.1, 0.15) is 43.2 Å². The molecule has 88 valence electrons.